The average molecular weight is 428 g/mol. The molecule has 0 unspecified atom stereocenters. The molecule has 1 aliphatic heterocycles. The number of esters is 1. The second kappa shape index (κ2) is 9.21. The first-order chi connectivity index (χ1) is 14.1. The molecule has 0 N–H and O–H groups in total. The third-order valence-corrected chi connectivity index (χ3v) is 11.5. The zero-order valence-corrected chi connectivity index (χ0v) is 20.3. The van der Waals surface area contributed by atoms with Gasteiger partial charge in [-0.05, 0) is 42.5 Å². The lowest BCUT2D eigenvalue weighted by molar-refractivity contribution is -0.146. The minimum absolute atomic E-state index is 0.115. The van der Waals surface area contributed by atoms with Crippen molar-refractivity contribution in [2.75, 3.05) is 13.7 Å². The predicted octanol–water partition coefficient (Wildman–Crippen LogP) is 5.28. The number of benzene rings is 1. The molecule has 3 rings (SSSR count). The van der Waals surface area contributed by atoms with E-state index in [1.807, 2.05) is 18.2 Å². The summed E-state index contributed by atoms with van der Waals surface area (Å²) in [6.45, 7) is 12.2. The van der Waals surface area contributed by atoms with Crippen molar-refractivity contribution in [3.8, 4) is 0 Å². The van der Waals surface area contributed by atoms with E-state index in [-0.39, 0.29) is 23.2 Å². The number of hydrogen-bond acceptors (Lipinski definition) is 4. The maximum absolute atomic E-state index is 12.5. The van der Waals surface area contributed by atoms with Crippen molar-refractivity contribution in [3.63, 3.8) is 0 Å². The van der Waals surface area contributed by atoms with Gasteiger partial charge in [0, 0.05) is 12.6 Å². The highest BCUT2D eigenvalue weighted by molar-refractivity contribution is 6.74. The molecule has 0 radical (unpaired) electrons. The molecular formula is C25H37NO3Si. The van der Waals surface area contributed by atoms with Gasteiger partial charge in [-0.3, -0.25) is 9.69 Å². The number of nitrogens with zero attached hydrogens (tertiary/aromatic N) is 1. The lowest BCUT2D eigenvalue weighted by atomic mass is 9.89. The van der Waals surface area contributed by atoms with Gasteiger partial charge in [0.05, 0.1) is 13.2 Å². The summed E-state index contributed by atoms with van der Waals surface area (Å²) in [5.41, 5.74) is 1.17. The first kappa shape index (κ1) is 23.0. The van der Waals surface area contributed by atoms with Gasteiger partial charge in [0.15, 0.2) is 8.32 Å². The van der Waals surface area contributed by atoms with Crippen LogP contribution in [0, 0.1) is 5.92 Å². The Kier molecular flexibility index (Phi) is 7.05. The van der Waals surface area contributed by atoms with E-state index in [9.17, 15) is 4.79 Å². The van der Waals surface area contributed by atoms with E-state index in [2.05, 4.69) is 75.2 Å². The fraction of sp³-hybridized carbons (Fsp3) is 0.560. The first-order valence-electron chi connectivity index (χ1n) is 11.0. The molecule has 0 amide bonds. The molecule has 0 aromatic heterocycles. The zero-order chi connectivity index (χ0) is 21.9. The summed E-state index contributed by atoms with van der Waals surface area (Å²) in [5, 5.41) is 0.181. The van der Waals surface area contributed by atoms with Crippen molar-refractivity contribution in [1.29, 1.82) is 0 Å². The maximum atomic E-state index is 12.5. The van der Waals surface area contributed by atoms with Gasteiger partial charge >= 0.3 is 5.97 Å². The molecule has 0 bridgehead atoms. The Morgan fingerprint density at radius 2 is 1.87 bits per heavy atom. The van der Waals surface area contributed by atoms with Crippen molar-refractivity contribution < 1.29 is 14.0 Å². The van der Waals surface area contributed by atoms with Crippen molar-refractivity contribution in [1.82, 2.24) is 4.90 Å². The maximum Gasteiger partial charge on any atom is 0.323 e. The summed E-state index contributed by atoms with van der Waals surface area (Å²) in [7, 11) is -0.361. The largest absolute Gasteiger partial charge is 0.468 e. The van der Waals surface area contributed by atoms with Gasteiger partial charge in [-0.2, -0.15) is 0 Å². The number of hydrogen-bond donors (Lipinski definition) is 0. The number of likely N-dealkylation sites (tertiary alicyclic amines) is 1. The molecule has 4 atom stereocenters. The van der Waals surface area contributed by atoms with Gasteiger partial charge in [0.25, 0.3) is 0 Å². The molecule has 30 heavy (non-hydrogen) atoms. The quantitative estimate of drug-likeness (QED) is 0.352. The molecule has 5 heteroatoms. The van der Waals surface area contributed by atoms with Crippen LogP contribution in [0.2, 0.25) is 18.1 Å². The summed E-state index contributed by atoms with van der Waals surface area (Å²) in [6, 6.07) is 10.4. The molecule has 1 saturated heterocycles. The molecular weight excluding hydrogens is 390 g/mol. The number of methoxy groups -OCH3 is 1. The van der Waals surface area contributed by atoms with Crippen LogP contribution in [0.25, 0.3) is 6.08 Å². The highest BCUT2D eigenvalue weighted by atomic mass is 28.4. The lowest BCUT2D eigenvalue weighted by Gasteiger charge is -2.41. The van der Waals surface area contributed by atoms with Crippen LogP contribution >= 0.6 is 0 Å². The minimum Gasteiger partial charge on any atom is -0.468 e. The molecule has 2 aliphatic rings. The number of carbonyl (C=O) groups is 1. The van der Waals surface area contributed by atoms with Gasteiger partial charge in [0.1, 0.15) is 6.04 Å². The summed E-state index contributed by atoms with van der Waals surface area (Å²) >= 11 is 0. The van der Waals surface area contributed by atoms with E-state index in [0.29, 0.717) is 12.0 Å². The fourth-order valence-corrected chi connectivity index (χ4v) is 5.56. The minimum atomic E-state index is -1.85. The van der Waals surface area contributed by atoms with Crippen LogP contribution in [0.15, 0.2) is 48.6 Å². The molecule has 1 aliphatic carbocycles. The van der Waals surface area contributed by atoms with Crippen LogP contribution in [-0.4, -0.2) is 51.0 Å². The van der Waals surface area contributed by atoms with Crippen LogP contribution in [0.3, 0.4) is 0 Å². The van der Waals surface area contributed by atoms with E-state index >= 15 is 0 Å². The van der Waals surface area contributed by atoms with Crippen LogP contribution in [0.4, 0.5) is 0 Å². The van der Waals surface area contributed by atoms with Crippen LogP contribution in [0.1, 0.15) is 39.2 Å². The summed E-state index contributed by atoms with van der Waals surface area (Å²) in [5.74, 6) is 0.242. The van der Waals surface area contributed by atoms with Crippen molar-refractivity contribution in [3.05, 3.63) is 54.1 Å². The molecule has 4 nitrogen and oxygen atoms in total. The Balaban J connectivity index is 1.75. The number of carbonyl (C=O) groups excluding carboxylic acids is 1. The monoisotopic (exact) mass is 427 g/mol. The van der Waals surface area contributed by atoms with E-state index in [1.54, 1.807) is 0 Å². The second-order valence-electron chi connectivity index (χ2n) is 10.1. The van der Waals surface area contributed by atoms with E-state index in [0.717, 1.165) is 19.4 Å². The first-order valence-corrected chi connectivity index (χ1v) is 13.9. The average Bonchev–Trinajstić information content (AvgIpc) is 3.05. The lowest BCUT2D eigenvalue weighted by Crippen LogP contribution is -2.48. The molecule has 0 spiro atoms. The van der Waals surface area contributed by atoms with Crippen LogP contribution in [0.5, 0.6) is 0 Å². The third-order valence-electron chi connectivity index (χ3n) is 7.01. The van der Waals surface area contributed by atoms with Crippen LogP contribution < -0.4 is 0 Å². The van der Waals surface area contributed by atoms with Gasteiger partial charge in [-0.25, -0.2) is 0 Å². The molecule has 1 heterocycles. The smallest absolute Gasteiger partial charge is 0.323 e. The molecule has 0 saturated carbocycles. The van der Waals surface area contributed by atoms with Gasteiger partial charge in [-0.1, -0.05) is 75.4 Å². The topological polar surface area (TPSA) is 38.8 Å². The van der Waals surface area contributed by atoms with Crippen LogP contribution in [-0.2, 0) is 14.0 Å². The summed E-state index contributed by atoms with van der Waals surface area (Å²) < 4.78 is 11.8. The number of rotatable bonds is 6. The highest BCUT2D eigenvalue weighted by Crippen LogP contribution is 2.41. The molecule has 1 fully saturated rings. The molecule has 164 valence electrons. The Morgan fingerprint density at radius 1 is 1.17 bits per heavy atom. The van der Waals surface area contributed by atoms with Gasteiger partial charge in [0.2, 0.25) is 0 Å². The Hall–Kier alpha value is -1.69. The van der Waals surface area contributed by atoms with Gasteiger partial charge < -0.3 is 9.16 Å². The fourth-order valence-electron chi connectivity index (χ4n) is 4.28. The third kappa shape index (κ3) is 5.13. The summed E-state index contributed by atoms with van der Waals surface area (Å²) in [6.07, 6.45) is 10.7. The highest BCUT2D eigenvalue weighted by Gasteiger charge is 2.47. The molecule has 1 aromatic carbocycles. The number of fused-ring (bicyclic) bond motifs is 1. The van der Waals surface area contributed by atoms with Crippen molar-refractivity contribution in [2.24, 2.45) is 5.92 Å². The van der Waals surface area contributed by atoms with Gasteiger partial charge in [-0.15, -0.1) is 0 Å². The van der Waals surface area contributed by atoms with E-state index in [1.165, 1.54) is 12.7 Å². The Bertz CT molecular complexity index is 781. The normalized spacial score (nSPS) is 27.4. The second-order valence-corrected chi connectivity index (χ2v) is 14.8. The van der Waals surface area contributed by atoms with E-state index in [4.69, 9.17) is 9.16 Å². The molecule has 1 aromatic rings. The van der Waals surface area contributed by atoms with E-state index < -0.39 is 8.32 Å². The van der Waals surface area contributed by atoms with Crippen molar-refractivity contribution in [2.45, 2.75) is 69.9 Å². The zero-order valence-electron chi connectivity index (χ0n) is 19.3. The standard InChI is InChI=1S/C25H37NO3Si/c1-25(2,3)30(5,6)29-21-15-14-20-17-23(24(27)28-4)26(22(20)18-21)16-10-13-19-11-8-7-9-12-19/h7-15,20-23H,16-18H2,1-6H3/b13-10+/t20-,21+,22+,23-/m0/s1. The Morgan fingerprint density at radius 3 is 2.50 bits per heavy atom. The predicted molar refractivity (Wildman–Crippen MR) is 126 cm³/mol. The Labute approximate surface area is 183 Å². The SMILES string of the molecule is COC(=O)[C@@H]1C[C@@H]2C=C[C@@H](O[Si](C)(C)C(C)(C)C)C[C@H]2N1C/C=C/c1ccccc1. The number of ether oxygens (including phenoxy) is 1. The summed E-state index contributed by atoms with van der Waals surface area (Å²) in [4.78, 5) is 14.8. The van der Waals surface area contributed by atoms with Crippen molar-refractivity contribution >= 4 is 20.4 Å².